The third-order valence-electron chi connectivity index (χ3n) is 3.06. The average Bonchev–Trinajstić information content (AvgIpc) is 2.33. The Kier molecular flexibility index (Phi) is 3.56. The van der Waals surface area contributed by atoms with E-state index in [2.05, 4.69) is 49.5 Å². The van der Waals surface area contributed by atoms with Crippen LogP contribution in [0, 0.1) is 6.92 Å². The normalized spacial score (nSPS) is 10.7. The molecule has 94 valence electrons. The van der Waals surface area contributed by atoms with Gasteiger partial charge in [-0.25, -0.2) is 0 Å². The molecule has 0 unspecified atom stereocenters. The van der Waals surface area contributed by atoms with Crippen molar-refractivity contribution < 1.29 is 0 Å². The quantitative estimate of drug-likeness (QED) is 0.778. The minimum absolute atomic E-state index is 0.559. The van der Waals surface area contributed by atoms with Gasteiger partial charge in [-0.1, -0.05) is 32.0 Å². The minimum atomic E-state index is 0.559. The van der Waals surface area contributed by atoms with Crippen LogP contribution >= 0.6 is 0 Å². The number of hydrogen-bond acceptors (Lipinski definition) is 2. The third kappa shape index (κ3) is 2.83. The van der Waals surface area contributed by atoms with Gasteiger partial charge in [0, 0.05) is 5.69 Å². The molecule has 18 heavy (non-hydrogen) atoms. The first-order valence-corrected chi connectivity index (χ1v) is 6.29. The lowest BCUT2D eigenvalue weighted by molar-refractivity contribution is 0.867. The minimum Gasteiger partial charge on any atom is -0.397 e. The van der Waals surface area contributed by atoms with Crippen molar-refractivity contribution in [1.82, 2.24) is 0 Å². The molecule has 0 atom stereocenters. The predicted octanol–water partition coefficient (Wildman–Crippen LogP) is 4.44. The van der Waals surface area contributed by atoms with Crippen LogP contribution in [0.4, 0.5) is 17.1 Å². The summed E-state index contributed by atoms with van der Waals surface area (Å²) in [6, 6.07) is 14.5. The summed E-state index contributed by atoms with van der Waals surface area (Å²) < 4.78 is 0. The van der Waals surface area contributed by atoms with Gasteiger partial charge in [-0.3, -0.25) is 0 Å². The maximum absolute atomic E-state index is 5.98. The Balaban J connectivity index is 2.18. The molecule has 0 spiro atoms. The van der Waals surface area contributed by atoms with Crippen LogP contribution in [0.15, 0.2) is 42.5 Å². The number of nitrogens with one attached hydrogen (secondary N) is 1. The first-order valence-electron chi connectivity index (χ1n) is 6.29. The second kappa shape index (κ2) is 5.13. The van der Waals surface area contributed by atoms with Gasteiger partial charge < -0.3 is 11.1 Å². The monoisotopic (exact) mass is 240 g/mol. The largest absolute Gasteiger partial charge is 0.397 e. The van der Waals surface area contributed by atoms with Crippen LogP contribution in [-0.2, 0) is 0 Å². The van der Waals surface area contributed by atoms with Gasteiger partial charge in [-0.05, 0) is 48.2 Å². The van der Waals surface area contributed by atoms with Crippen molar-refractivity contribution in [2.45, 2.75) is 26.7 Å². The number of nitrogens with two attached hydrogens (primary N) is 1. The molecule has 2 rings (SSSR count). The summed E-state index contributed by atoms with van der Waals surface area (Å²) in [5.41, 5.74) is 11.3. The number of hydrogen-bond donors (Lipinski definition) is 2. The fraction of sp³-hybridized carbons (Fsp3) is 0.250. The van der Waals surface area contributed by atoms with Gasteiger partial charge in [0.25, 0.3) is 0 Å². The number of benzene rings is 2. The van der Waals surface area contributed by atoms with Crippen LogP contribution < -0.4 is 11.1 Å². The molecule has 0 saturated carbocycles. The smallest absolute Gasteiger partial charge is 0.0618 e. The summed E-state index contributed by atoms with van der Waals surface area (Å²) in [6.07, 6.45) is 0. The van der Waals surface area contributed by atoms with E-state index in [1.165, 1.54) is 11.1 Å². The molecule has 0 aliphatic heterocycles. The van der Waals surface area contributed by atoms with Gasteiger partial charge in [0.05, 0.1) is 11.4 Å². The van der Waals surface area contributed by atoms with E-state index >= 15 is 0 Å². The van der Waals surface area contributed by atoms with Crippen LogP contribution in [0.25, 0.3) is 0 Å². The Morgan fingerprint density at radius 2 is 1.67 bits per heavy atom. The molecule has 0 radical (unpaired) electrons. The number of anilines is 3. The SMILES string of the molecule is Cc1ccc(Nc2ccc(C(C)C)cc2)c(N)c1. The Hall–Kier alpha value is -1.96. The van der Waals surface area contributed by atoms with Crippen LogP contribution in [0.3, 0.4) is 0 Å². The molecule has 0 aliphatic carbocycles. The van der Waals surface area contributed by atoms with Gasteiger partial charge >= 0.3 is 0 Å². The summed E-state index contributed by atoms with van der Waals surface area (Å²) in [4.78, 5) is 0. The molecule has 0 fully saturated rings. The van der Waals surface area contributed by atoms with Crippen molar-refractivity contribution >= 4 is 17.1 Å². The number of aryl methyl sites for hydroxylation is 1. The van der Waals surface area contributed by atoms with E-state index in [4.69, 9.17) is 5.73 Å². The molecule has 0 amide bonds. The van der Waals surface area contributed by atoms with E-state index in [9.17, 15) is 0 Å². The van der Waals surface area contributed by atoms with Crippen molar-refractivity contribution in [2.75, 3.05) is 11.1 Å². The van der Waals surface area contributed by atoms with Gasteiger partial charge in [-0.2, -0.15) is 0 Å². The van der Waals surface area contributed by atoms with Gasteiger partial charge in [0.2, 0.25) is 0 Å². The summed E-state index contributed by atoms with van der Waals surface area (Å²) in [5.74, 6) is 0.559. The van der Waals surface area contributed by atoms with Gasteiger partial charge in [0.15, 0.2) is 0 Å². The van der Waals surface area contributed by atoms with Crippen molar-refractivity contribution in [2.24, 2.45) is 0 Å². The Morgan fingerprint density at radius 1 is 1.00 bits per heavy atom. The Labute approximate surface area is 109 Å². The van der Waals surface area contributed by atoms with Crippen molar-refractivity contribution in [3.8, 4) is 0 Å². The molecular formula is C16H20N2. The first kappa shape index (κ1) is 12.5. The molecule has 0 saturated heterocycles. The fourth-order valence-electron chi connectivity index (χ4n) is 1.90. The van der Waals surface area contributed by atoms with Crippen molar-refractivity contribution in [1.29, 1.82) is 0 Å². The zero-order chi connectivity index (χ0) is 13.1. The molecule has 3 N–H and O–H groups in total. The molecule has 0 aromatic heterocycles. The molecular weight excluding hydrogens is 220 g/mol. The Bertz CT molecular complexity index is 527. The highest BCUT2D eigenvalue weighted by atomic mass is 14.9. The summed E-state index contributed by atoms with van der Waals surface area (Å²) in [6.45, 7) is 6.43. The topological polar surface area (TPSA) is 38.0 Å². The van der Waals surface area contributed by atoms with Crippen LogP contribution in [0.1, 0.15) is 30.9 Å². The van der Waals surface area contributed by atoms with Crippen LogP contribution in [0.5, 0.6) is 0 Å². The van der Waals surface area contributed by atoms with E-state index in [0.29, 0.717) is 5.92 Å². The molecule has 2 aromatic carbocycles. The summed E-state index contributed by atoms with van der Waals surface area (Å²) in [5, 5.41) is 3.34. The number of rotatable bonds is 3. The average molecular weight is 240 g/mol. The van der Waals surface area contributed by atoms with E-state index in [1.807, 2.05) is 19.1 Å². The maximum atomic E-state index is 5.98. The third-order valence-corrected chi connectivity index (χ3v) is 3.06. The van der Waals surface area contributed by atoms with Crippen molar-refractivity contribution in [3.05, 3.63) is 53.6 Å². The molecule has 2 nitrogen and oxygen atoms in total. The van der Waals surface area contributed by atoms with E-state index in [1.54, 1.807) is 0 Å². The standard InChI is InChI=1S/C16H20N2/c1-11(2)13-5-7-14(8-6-13)18-16-9-4-12(3)10-15(16)17/h4-11,18H,17H2,1-3H3. The van der Waals surface area contributed by atoms with Crippen LogP contribution in [-0.4, -0.2) is 0 Å². The first-order chi connectivity index (χ1) is 8.56. The van der Waals surface area contributed by atoms with E-state index < -0.39 is 0 Å². The number of nitrogen functional groups attached to an aromatic ring is 1. The van der Waals surface area contributed by atoms with E-state index in [0.717, 1.165) is 17.1 Å². The molecule has 0 bridgehead atoms. The zero-order valence-corrected chi connectivity index (χ0v) is 11.2. The second-order valence-corrected chi connectivity index (χ2v) is 4.99. The molecule has 2 aromatic rings. The highest BCUT2D eigenvalue weighted by Crippen LogP contribution is 2.25. The molecule has 0 aliphatic rings. The lowest BCUT2D eigenvalue weighted by Gasteiger charge is -2.11. The second-order valence-electron chi connectivity index (χ2n) is 4.99. The summed E-state index contributed by atoms with van der Waals surface area (Å²) in [7, 11) is 0. The zero-order valence-electron chi connectivity index (χ0n) is 11.2. The highest BCUT2D eigenvalue weighted by molar-refractivity contribution is 5.73. The van der Waals surface area contributed by atoms with Gasteiger partial charge in [0.1, 0.15) is 0 Å². The Morgan fingerprint density at radius 3 is 2.22 bits per heavy atom. The van der Waals surface area contributed by atoms with E-state index in [-0.39, 0.29) is 0 Å². The van der Waals surface area contributed by atoms with Crippen LogP contribution in [0.2, 0.25) is 0 Å². The lowest BCUT2D eigenvalue weighted by atomic mass is 10.0. The maximum Gasteiger partial charge on any atom is 0.0618 e. The molecule has 2 heteroatoms. The highest BCUT2D eigenvalue weighted by Gasteiger charge is 2.01. The molecule has 0 heterocycles. The van der Waals surface area contributed by atoms with Crippen molar-refractivity contribution in [3.63, 3.8) is 0 Å². The van der Waals surface area contributed by atoms with Gasteiger partial charge in [-0.15, -0.1) is 0 Å². The fourth-order valence-corrected chi connectivity index (χ4v) is 1.90. The lowest BCUT2D eigenvalue weighted by Crippen LogP contribution is -1.97. The predicted molar refractivity (Wildman–Crippen MR) is 79.4 cm³/mol. The summed E-state index contributed by atoms with van der Waals surface area (Å²) >= 11 is 0.